The van der Waals surface area contributed by atoms with Crippen molar-refractivity contribution in [1.29, 1.82) is 0 Å². The van der Waals surface area contributed by atoms with Gasteiger partial charge >= 0.3 is 0 Å². The molecule has 0 amide bonds. The van der Waals surface area contributed by atoms with Crippen molar-refractivity contribution in [1.82, 2.24) is 29.3 Å². The summed E-state index contributed by atoms with van der Waals surface area (Å²) < 4.78 is 3.78. The van der Waals surface area contributed by atoms with Gasteiger partial charge in [0.1, 0.15) is 0 Å². The molecule has 0 saturated carbocycles. The number of carbonyl (C=O) groups excluding carboxylic acids is 1. The molecule has 7 nitrogen and oxygen atoms in total. The van der Waals surface area contributed by atoms with Crippen molar-refractivity contribution in [2.24, 2.45) is 0 Å². The van der Waals surface area contributed by atoms with Crippen LogP contribution in [0.5, 0.6) is 0 Å². The Morgan fingerprint density at radius 2 is 1.82 bits per heavy atom. The number of fused-ring (bicyclic) bond motifs is 1. The van der Waals surface area contributed by atoms with Gasteiger partial charge in [-0.1, -0.05) is 24.3 Å². The van der Waals surface area contributed by atoms with Crippen LogP contribution in [-0.4, -0.2) is 54.7 Å². The third-order valence-corrected chi connectivity index (χ3v) is 7.23. The Morgan fingerprint density at radius 3 is 2.68 bits per heavy atom. The van der Waals surface area contributed by atoms with Crippen molar-refractivity contribution in [3.8, 4) is 22.4 Å². The summed E-state index contributed by atoms with van der Waals surface area (Å²) in [5, 5.41) is 11.0. The molecule has 34 heavy (non-hydrogen) atoms. The van der Waals surface area contributed by atoms with Crippen molar-refractivity contribution in [3.05, 3.63) is 83.1 Å². The molecule has 0 aliphatic carbocycles. The first-order valence-electron chi connectivity index (χ1n) is 11.5. The minimum absolute atomic E-state index is 0.0512. The van der Waals surface area contributed by atoms with Gasteiger partial charge in [0.2, 0.25) is 5.78 Å². The third-order valence-electron chi connectivity index (χ3n) is 6.36. The Morgan fingerprint density at radius 1 is 0.941 bits per heavy atom. The molecule has 8 heteroatoms. The van der Waals surface area contributed by atoms with Gasteiger partial charge in [-0.05, 0) is 55.1 Å². The molecule has 0 unspecified atom stereocenters. The van der Waals surface area contributed by atoms with Gasteiger partial charge in [0.05, 0.1) is 35.1 Å². The summed E-state index contributed by atoms with van der Waals surface area (Å²) in [7, 11) is 0. The van der Waals surface area contributed by atoms with Gasteiger partial charge < -0.3 is 4.90 Å². The molecule has 0 bridgehead atoms. The Labute approximate surface area is 201 Å². The maximum atomic E-state index is 12.9. The zero-order valence-corrected chi connectivity index (χ0v) is 19.5. The molecule has 1 aliphatic rings. The molecule has 6 rings (SSSR count). The van der Waals surface area contributed by atoms with Crippen LogP contribution in [0.2, 0.25) is 0 Å². The largest absolute Gasteiger partial charge is 0.301 e. The highest BCUT2D eigenvalue weighted by atomic mass is 32.1. The van der Waals surface area contributed by atoms with Crippen LogP contribution in [0.15, 0.2) is 72.6 Å². The minimum Gasteiger partial charge on any atom is -0.301 e. The topological polar surface area (TPSA) is 68.3 Å². The number of carbonyl (C=O) groups is 1. The number of thiophene rings is 1. The lowest BCUT2D eigenvalue weighted by Gasteiger charge is -2.13. The second kappa shape index (κ2) is 8.96. The molecule has 5 aromatic rings. The lowest BCUT2D eigenvalue weighted by Crippen LogP contribution is -2.24. The molecule has 170 valence electrons. The van der Waals surface area contributed by atoms with Gasteiger partial charge in [-0.15, -0.1) is 11.3 Å². The van der Waals surface area contributed by atoms with Crippen LogP contribution in [0.25, 0.3) is 28.0 Å². The van der Waals surface area contributed by atoms with Gasteiger partial charge in [-0.3, -0.25) is 9.48 Å². The predicted octanol–water partition coefficient (Wildman–Crippen LogP) is 4.65. The van der Waals surface area contributed by atoms with E-state index in [0.29, 0.717) is 16.1 Å². The number of rotatable bonds is 7. The third kappa shape index (κ3) is 3.95. The number of likely N-dealkylation sites (tertiary alicyclic amines) is 1. The summed E-state index contributed by atoms with van der Waals surface area (Å²) in [6.45, 7) is 4.34. The summed E-state index contributed by atoms with van der Waals surface area (Å²) >= 11 is 1.43. The maximum Gasteiger partial charge on any atom is 0.208 e. The smallest absolute Gasteiger partial charge is 0.208 e. The highest BCUT2D eigenvalue weighted by Crippen LogP contribution is 2.27. The zero-order chi connectivity index (χ0) is 22.9. The van der Waals surface area contributed by atoms with Crippen molar-refractivity contribution in [3.63, 3.8) is 0 Å². The summed E-state index contributed by atoms with van der Waals surface area (Å²) in [6, 6.07) is 14.0. The monoisotopic (exact) mass is 468 g/mol. The first-order valence-corrected chi connectivity index (χ1v) is 12.4. The van der Waals surface area contributed by atoms with E-state index in [4.69, 9.17) is 0 Å². The molecule has 5 heterocycles. The molecule has 0 radical (unpaired) electrons. The van der Waals surface area contributed by atoms with Gasteiger partial charge in [-0.25, -0.2) is 9.50 Å². The molecule has 1 aromatic carbocycles. The van der Waals surface area contributed by atoms with Gasteiger partial charge in [-0.2, -0.15) is 10.2 Å². The highest BCUT2D eigenvalue weighted by molar-refractivity contribution is 7.12. The number of hydrogen-bond donors (Lipinski definition) is 0. The second-order valence-electron chi connectivity index (χ2n) is 8.55. The Balaban J connectivity index is 1.29. The summed E-state index contributed by atoms with van der Waals surface area (Å²) in [5.41, 5.74) is 5.15. The van der Waals surface area contributed by atoms with E-state index in [1.54, 1.807) is 16.9 Å². The van der Waals surface area contributed by atoms with Crippen molar-refractivity contribution in [2.75, 3.05) is 19.6 Å². The summed E-state index contributed by atoms with van der Waals surface area (Å²) in [6.07, 6.45) is 10.0. The summed E-state index contributed by atoms with van der Waals surface area (Å²) in [5.74, 6) is -0.0512. The van der Waals surface area contributed by atoms with Crippen LogP contribution in [0, 0.1) is 0 Å². The lowest BCUT2D eigenvalue weighted by molar-refractivity contribution is 0.104. The van der Waals surface area contributed by atoms with Gasteiger partial charge in [0, 0.05) is 30.1 Å². The maximum absolute atomic E-state index is 12.9. The van der Waals surface area contributed by atoms with E-state index in [1.165, 1.54) is 37.3 Å². The van der Waals surface area contributed by atoms with Crippen LogP contribution >= 0.6 is 11.3 Å². The van der Waals surface area contributed by atoms with Crippen LogP contribution in [-0.2, 0) is 6.54 Å². The lowest BCUT2D eigenvalue weighted by atomic mass is 10.0. The fourth-order valence-corrected chi connectivity index (χ4v) is 5.23. The molecule has 1 aliphatic heterocycles. The van der Waals surface area contributed by atoms with Crippen molar-refractivity contribution >= 4 is 22.8 Å². The number of aromatic nitrogens is 5. The molecular formula is C26H24N6OS. The Kier molecular flexibility index (Phi) is 5.52. The van der Waals surface area contributed by atoms with E-state index in [0.717, 1.165) is 35.5 Å². The van der Waals surface area contributed by atoms with Gasteiger partial charge in [0.15, 0.2) is 5.65 Å². The van der Waals surface area contributed by atoms with E-state index in [-0.39, 0.29) is 5.78 Å². The molecule has 1 fully saturated rings. The highest BCUT2D eigenvalue weighted by Gasteiger charge is 2.18. The molecule has 0 atom stereocenters. The van der Waals surface area contributed by atoms with Crippen molar-refractivity contribution in [2.45, 2.75) is 19.4 Å². The molecular weight excluding hydrogens is 444 g/mol. The molecule has 0 N–H and O–H groups in total. The quantitative estimate of drug-likeness (QED) is 0.325. The Hall–Kier alpha value is -3.62. The molecule has 4 aromatic heterocycles. The average molecular weight is 469 g/mol. The first-order chi connectivity index (χ1) is 16.8. The van der Waals surface area contributed by atoms with E-state index in [1.807, 2.05) is 40.5 Å². The SMILES string of the molecule is O=C(c1cccs1)c1cnn2c(-c3cccc(-c4cnn(CCN5CCCC5)c4)c3)ccnc12. The van der Waals surface area contributed by atoms with E-state index >= 15 is 0 Å². The number of benzene rings is 1. The first kappa shape index (κ1) is 20.9. The average Bonchev–Trinajstić information content (AvgIpc) is 3.69. The minimum atomic E-state index is -0.0512. The van der Waals surface area contributed by atoms with Crippen LogP contribution in [0.1, 0.15) is 28.1 Å². The van der Waals surface area contributed by atoms with Crippen LogP contribution in [0.3, 0.4) is 0 Å². The fraction of sp³-hybridized carbons (Fsp3) is 0.231. The van der Waals surface area contributed by atoms with E-state index in [9.17, 15) is 4.79 Å². The van der Waals surface area contributed by atoms with Crippen LogP contribution < -0.4 is 0 Å². The standard InChI is InChI=1S/C26H24N6OS/c33-25(24-7-4-14-34-24)22-17-29-32-23(8-9-27-26(22)32)20-6-3-5-19(15-20)21-16-28-31(18-21)13-12-30-10-1-2-11-30/h3-9,14-18H,1-2,10-13H2. The molecule has 0 spiro atoms. The summed E-state index contributed by atoms with van der Waals surface area (Å²) in [4.78, 5) is 20.6. The number of hydrogen-bond acceptors (Lipinski definition) is 6. The van der Waals surface area contributed by atoms with E-state index < -0.39 is 0 Å². The zero-order valence-electron chi connectivity index (χ0n) is 18.7. The normalized spacial score (nSPS) is 14.2. The number of ketones is 1. The van der Waals surface area contributed by atoms with Gasteiger partial charge in [0.25, 0.3) is 0 Å². The number of nitrogens with zero attached hydrogens (tertiary/aromatic N) is 6. The molecule has 1 saturated heterocycles. The van der Waals surface area contributed by atoms with Crippen molar-refractivity contribution < 1.29 is 4.79 Å². The fourth-order valence-electron chi connectivity index (χ4n) is 4.55. The second-order valence-corrected chi connectivity index (χ2v) is 9.50. The Bertz CT molecular complexity index is 1450. The predicted molar refractivity (Wildman–Crippen MR) is 133 cm³/mol. The van der Waals surface area contributed by atoms with Crippen LogP contribution in [0.4, 0.5) is 0 Å². The van der Waals surface area contributed by atoms with E-state index in [2.05, 4.69) is 44.5 Å².